The molecule has 1 N–H and O–H groups in total. The number of nitrogens with zero attached hydrogens (tertiary/aromatic N) is 5. The van der Waals surface area contributed by atoms with Gasteiger partial charge in [0.05, 0.1) is 36.4 Å². The van der Waals surface area contributed by atoms with E-state index in [0.29, 0.717) is 37.3 Å². The molecule has 232 valence electrons. The Kier molecular flexibility index (Phi) is 7.29. The van der Waals surface area contributed by atoms with Crippen molar-refractivity contribution in [2.45, 2.75) is 50.0 Å². The number of anilines is 1. The lowest BCUT2D eigenvalue weighted by molar-refractivity contribution is -0.138. The summed E-state index contributed by atoms with van der Waals surface area (Å²) in [5, 5.41) is 10.9. The van der Waals surface area contributed by atoms with Gasteiger partial charge in [0.1, 0.15) is 28.9 Å². The molecular formula is C30H29ClF3N5O5. The van der Waals surface area contributed by atoms with Crippen LogP contribution in [0.1, 0.15) is 37.6 Å². The topological polar surface area (TPSA) is 114 Å². The molecule has 0 aliphatic carbocycles. The lowest BCUT2D eigenvalue weighted by Crippen LogP contribution is -2.56. The van der Waals surface area contributed by atoms with Crippen molar-refractivity contribution in [3.8, 4) is 5.88 Å². The quantitative estimate of drug-likeness (QED) is 0.285. The first-order valence-corrected chi connectivity index (χ1v) is 14.8. The summed E-state index contributed by atoms with van der Waals surface area (Å²) in [6.07, 6.45) is -2.29. The number of carboxylic acid groups (broad SMARTS) is 1. The molecule has 4 atom stereocenters. The Balaban J connectivity index is 1.22. The second-order valence-electron chi connectivity index (χ2n) is 11.7. The highest BCUT2D eigenvalue weighted by Crippen LogP contribution is 2.46. The molecule has 7 rings (SSSR count). The maximum absolute atomic E-state index is 16.9. The monoisotopic (exact) mass is 631 g/mol. The van der Waals surface area contributed by atoms with Crippen molar-refractivity contribution in [3.05, 3.63) is 52.9 Å². The lowest BCUT2D eigenvalue weighted by Gasteiger charge is -2.47. The number of benzene rings is 1. The summed E-state index contributed by atoms with van der Waals surface area (Å²) in [7, 11) is 0. The lowest BCUT2D eigenvalue weighted by atomic mass is 9.78. The number of para-hydroxylation sites is 1. The van der Waals surface area contributed by atoms with Gasteiger partial charge in [0.15, 0.2) is 17.2 Å². The number of likely N-dealkylation sites (tertiary alicyclic amines) is 1. The molecule has 0 amide bonds. The molecule has 0 spiro atoms. The normalized spacial score (nSPS) is 26.5. The van der Waals surface area contributed by atoms with E-state index >= 15 is 4.39 Å². The number of ether oxygens (including phenoxy) is 2. The second kappa shape index (κ2) is 11.0. The van der Waals surface area contributed by atoms with Crippen LogP contribution in [-0.2, 0) is 15.2 Å². The van der Waals surface area contributed by atoms with E-state index in [2.05, 4.69) is 19.9 Å². The molecule has 44 heavy (non-hydrogen) atoms. The van der Waals surface area contributed by atoms with Crippen molar-refractivity contribution in [2.24, 2.45) is 5.92 Å². The van der Waals surface area contributed by atoms with E-state index in [0.717, 1.165) is 0 Å². The second-order valence-corrected chi connectivity index (χ2v) is 12.1. The minimum absolute atomic E-state index is 0.0185. The molecule has 6 heterocycles. The van der Waals surface area contributed by atoms with Crippen molar-refractivity contribution in [1.82, 2.24) is 19.9 Å². The van der Waals surface area contributed by atoms with Gasteiger partial charge >= 0.3 is 5.97 Å². The van der Waals surface area contributed by atoms with Gasteiger partial charge in [0.2, 0.25) is 5.88 Å². The van der Waals surface area contributed by atoms with Gasteiger partial charge in [-0.2, -0.15) is 0 Å². The number of alkyl halides is 3. The molecule has 3 fully saturated rings. The van der Waals surface area contributed by atoms with Gasteiger partial charge in [-0.1, -0.05) is 30.7 Å². The van der Waals surface area contributed by atoms with E-state index in [4.69, 9.17) is 25.5 Å². The molecule has 0 radical (unpaired) electrons. The van der Waals surface area contributed by atoms with Crippen LogP contribution >= 0.6 is 11.6 Å². The number of halogens is 4. The van der Waals surface area contributed by atoms with Gasteiger partial charge in [0, 0.05) is 37.0 Å². The summed E-state index contributed by atoms with van der Waals surface area (Å²) >= 11 is 6.29. The Labute approximate surface area is 254 Å². The van der Waals surface area contributed by atoms with Crippen LogP contribution in [0.4, 0.5) is 19.0 Å². The number of furan rings is 1. The fourth-order valence-electron chi connectivity index (χ4n) is 6.52. The molecule has 4 aromatic rings. The summed E-state index contributed by atoms with van der Waals surface area (Å²) in [5.74, 6) is -2.43. The van der Waals surface area contributed by atoms with Gasteiger partial charge in [-0.3, -0.25) is 4.90 Å². The highest BCUT2D eigenvalue weighted by molar-refractivity contribution is 6.30. The highest BCUT2D eigenvalue weighted by atomic mass is 35.5. The van der Waals surface area contributed by atoms with E-state index < -0.39 is 42.0 Å². The van der Waals surface area contributed by atoms with Crippen molar-refractivity contribution in [3.63, 3.8) is 0 Å². The SMILES string of the molecule is C[C@H]1CN(C2COC2)CC[C@]1(F)c1cc(Cl)cnc1O[C@H]1C[C@@H](C(=O)O)N(c2nc(C(F)F)nc3c2oc2ccccc23)C1. The molecule has 3 aliphatic heterocycles. The van der Waals surface area contributed by atoms with Crippen LogP contribution in [0.2, 0.25) is 5.02 Å². The first kappa shape index (κ1) is 29.1. The van der Waals surface area contributed by atoms with E-state index in [1.165, 1.54) is 17.2 Å². The number of carbonyl (C=O) groups is 1. The molecule has 10 nitrogen and oxygen atoms in total. The van der Waals surface area contributed by atoms with Crippen molar-refractivity contribution < 1.29 is 37.0 Å². The van der Waals surface area contributed by atoms with Crippen LogP contribution in [0.5, 0.6) is 5.88 Å². The third-order valence-corrected chi connectivity index (χ3v) is 9.17. The fourth-order valence-corrected chi connectivity index (χ4v) is 6.68. The number of aliphatic carboxylic acids is 1. The first-order chi connectivity index (χ1) is 21.1. The zero-order valence-corrected chi connectivity index (χ0v) is 24.4. The Morgan fingerprint density at radius 2 is 2.02 bits per heavy atom. The molecular weight excluding hydrogens is 603 g/mol. The minimum atomic E-state index is -3.00. The summed E-state index contributed by atoms with van der Waals surface area (Å²) in [5.41, 5.74) is -0.944. The summed E-state index contributed by atoms with van der Waals surface area (Å²) < 4.78 is 62.2. The number of rotatable bonds is 7. The maximum atomic E-state index is 16.9. The molecule has 0 saturated carbocycles. The predicted octanol–water partition coefficient (Wildman–Crippen LogP) is 5.38. The van der Waals surface area contributed by atoms with Crippen LogP contribution < -0.4 is 9.64 Å². The zero-order chi connectivity index (χ0) is 30.7. The third kappa shape index (κ3) is 4.90. The Morgan fingerprint density at radius 1 is 1.23 bits per heavy atom. The molecule has 3 aliphatic rings. The van der Waals surface area contributed by atoms with E-state index in [9.17, 15) is 18.7 Å². The van der Waals surface area contributed by atoms with Gasteiger partial charge in [-0.25, -0.2) is 32.9 Å². The smallest absolute Gasteiger partial charge is 0.326 e. The fraction of sp³-hybridized carbons (Fsp3) is 0.467. The predicted molar refractivity (Wildman–Crippen MR) is 154 cm³/mol. The summed E-state index contributed by atoms with van der Waals surface area (Å²) in [6.45, 7) is 4.08. The van der Waals surface area contributed by atoms with E-state index in [1.54, 1.807) is 24.3 Å². The van der Waals surface area contributed by atoms with Gasteiger partial charge < -0.3 is 23.9 Å². The van der Waals surface area contributed by atoms with Crippen molar-refractivity contribution in [2.75, 3.05) is 37.7 Å². The molecule has 0 unspecified atom stereocenters. The number of aromatic nitrogens is 3. The van der Waals surface area contributed by atoms with Gasteiger partial charge in [-0.05, 0) is 24.6 Å². The standard InChI is InChI=1S/C30H29ClF3N5O5/c1-15-11-38(17-13-42-14-17)7-6-30(15,34)20-8-16(31)10-35-28(20)43-18-9-21(29(40)41)39(12-18)27-24-23(36-26(37-27)25(32)33)19-4-2-3-5-22(19)44-24/h2-5,8,10,15,17-18,21,25H,6-7,9,11-14H2,1H3,(H,40,41)/t15-,18-,21-,30+/m0/s1. The highest BCUT2D eigenvalue weighted by Gasteiger charge is 2.48. The number of piperidine rings is 1. The average molecular weight is 632 g/mol. The number of hydrogen-bond donors (Lipinski definition) is 1. The van der Waals surface area contributed by atoms with Gasteiger partial charge in [0.25, 0.3) is 6.43 Å². The van der Waals surface area contributed by atoms with Crippen LogP contribution in [0.15, 0.2) is 40.9 Å². The van der Waals surface area contributed by atoms with Crippen LogP contribution in [0.3, 0.4) is 0 Å². The largest absolute Gasteiger partial charge is 0.480 e. The first-order valence-electron chi connectivity index (χ1n) is 14.4. The van der Waals surface area contributed by atoms with Crippen LogP contribution in [0.25, 0.3) is 22.1 Å². The third-order valence-electron chi connectivity index (χ3n) is 8.97. The molecule has 3 aromatic heterocycles. The number of carboxylic acids is 1. The van der Waals surface area contributed by atoms with Crippen LogP contribution in [0, 0.1) is 5.92 Å². The minimum Gasteiger partial charge on any atom is -0.480 e. The molecule has 1 aromatic carbocycles. The maximum Gasteiger partial charge on any atom is 0.326 e. The Hall–Kier alpha value is -3.68. The van der Waals surface area contributed by atoms with Crippen molar-refractivity contribution >= 4 is 45.5 Å². The number of hydrogen-bond acceptors (Lipinski definition) is 9. The Morgan fingerprint density at radius 3 is 2.73 bits per heavy atom. The summed E-state index contributed by atoms with van der Waals surface area (Å²) in [4.78, 5) is 28.5. The molecule has 3 saturated heterocycles. The average Bonchev–Trinajstić information content (AvgIpc) is 3.56. The molecule has 14 heteroatoms. The van der Waals surface area contributed by atoms with Gasteiger partial charge in [-0.15, -0.1) is 0 Å². The number of fused-ring (bicyclic) bond motifs is 3. The Bertz CT molecular complexity index is 1740. The zero-order valence-electron chi connectivity index (χ0n) is 23.6. The van der Waals surface area contributed by atoms with Crippen molar-refractivity contribution in [1.29, 1.82) is 0 Å². The number of pyridine rings is 1. The van der Waals surface area contributed by atoms with E-state index in [-0.39, 0.29) is 58.8 Å². The molecule has 0 bridgehead atoms. The van der Waals surface area contributed by atoms with Crippen LogP contribution in [-0.4, -0.2) is 82.0 Å². The van der Waals surface area contributed by atoms with E-state index in [1.807, 2.05) is 6.92 Å². The summed E-state index contributed by atoms with van der Waals surface area (Å²) in [6, 6.07) is 7.40.